The first kappa shape index (κ1) is 14.2. The van der Waals surface area contributed by atoms with Crippen LogP contribution in [0.4, 0.5) is 0 Å². The molecule has 0 aliphatic rings. The average molecular weight is 302 g/mol. The van der Waals surface area contributed by atoms with Crippen LogP contribution in [-0.2, 0) is 4.79 Å². The highest BCUT2D eigenvalue weighted by molar-refractivity contribution is 9.10. The molecule has 0 radical (unpaired) electrons. The standard InChI is InChI=1S/C12H16BrNO3/c1-8(9-5-3-4-6-10(9)13)14-7-12(2,17)11(15)16/h3-6,8,14,17H,7H2,1-2H3,(H,15,16)/t8-,12?/m1/s1. The number of carboxylic acids is 1. The lowest BCUT2D eigenvalue weighted by Crippen LogP contribution is -2.45. The molecule has 4 nitrogen and oxygen atoms in total. The number of carboxylic acid groups (broad SMARTS) is 1. The smallest absolute Gasteiger partial charge is 0.336 e. The molecule has 1 aromatic carbocycles. The minimum Gasteiger partial charge on any atom is -0.479 e. The molecule has 0 saturated carbocycles. The van der Waals surface area contributed by atoms with Crippen LogP contribution >= 0.6 is 15.9 Å². The second-order valence-corrected chi connectivity index (χ2v) is 5.06. The van der Waals surface area contributed by atoms with Crippen molar-refractivity contribution in [2.75, 3.05) is 6.54 Å². The van der Waals surface area contributed by atoms with E-state index in [0.29, 0.717) is 0 Å². The molecule has 0 heterocycles. The lowest BCUT2D eigenvalue weighted by molar-refractivity contribution is -0.156. The van der Waals surface area contributed by atoms with Crippen molar-refractivity contribution in [2.24, 2.45) is 0 Å². The van der Waals surface area contributed by atoms with Gasteiger partial charge in [0, 0.05) is 17.1 Å². The molecule has 0 fully saturated rings. The van der Waals surface area contributed by atoms with Gasteiger partial charge in [-0.25, -0.2) is 4.79 Å². The van der Waals surface area contributed by atoms with E-state index in [0.717, 1.165) is 10.0 Å². The monoisotopic (exact) mass is 301 g/mol. The summed E-state index contributed by atoms with van der Waals surface area (Å²) in [6, 6.07) is 7.64. The van der Waals surface area contributed by atoms with Crippen molar-refractivity contribution in [2.45, 2.75) is 25.5 Å². The van der Waals surface area contributed by atoms with E-state index in [1.165, 1.54) is 6.92 Å². The van der Waals surface area contributed by atoms with Gasteiger partial charge in [0.2, 0.25) is 0 Å². The summed E-state index contributed by atoms with van der Waals surface area (Å²) in [7, 11) is 0. The summed E-state index contributed by atoms with van der Waals surface area (Å²) in [4.78, 5) is 10.7. The van der Waals surface area contributed by atoms with Gasteiger partial charge in [-0.05, 0) is 25.5 Å². The van der Waals surface area contributed by atoms with Crippen LogP contribution < -0.4 is 5.32 Å². The third kappa shape index (κ3) is 3.80. The van der Waals surface area contributed by atoms with Gasteiger partial charge in [0.15, 0.2) is 5.60 Å². The maximum atomic E-state index is 10.7. The molecule has 0 bridgehead atoms. The van der Waals surface area contributed by atoms with Gasteiger partial charge in [-0.2, -0.15) is 0 Å². The van der Waals surface area contributed by atoms with Crippen LogP contribution in [0, 0.1) is 0 Å². The molecular formula is C12H16BrNO3. The third-order valence-electron chi connectivity index (χ3n) is 2.58. The summed E-state index contributed by atoms with van der Waals surface area (Å²) in [6.45, 7) is 3.18. The van der Waals surface area contributed by atoms with E-state index in [4.69, 9.17) is 5.11 Å². The Morgan fingerprint density at radius 1 is 1.53 bits per heavy atom. The van der Waals surface area contributed by atoms with Crippen LogP contribution in [0.1, 0.15) is 25.5 Å². The van der Waals surface area contributed by atoms with Crippen molar-refractivity contribution in [1.82, 2.24) is 5.32 Å². The fourth-order valence-electron chi connectivity index (χ4n) is 1.36. The third-order valence-corrected chi connectivity index (χ3v) is 3.31. The lowest BCUT2D eigenvalue weighted by atomic mass is 10.1. The Morgan fingerprint density at radius 3 is 2.65 bits per heavy atom. The van der Waals surface area contributed by atoms with Crippen molar-refractivity contribution in [3.63, 3.8) is 0 Å². The van der Waals surface area contributed by atoms with E-state index < -0.39 is 11.6 Å². The molecule has 0 spiro atoms. The van der Waals surface area contributed by atoms with E-state index in [-0.39, 0.29) is 12.6 Å². The molecule has 0 aliphatic carbocycles. The number of benzene rings is 1. The van der Waals surface area contributed by atoms with Gasteiger partial charge in [-0.15, -0.1) is 0 Å². The zero-order valence-electron chi connectivity index (χ0n) is 9.77. The van der Waals surface area contributed by atoms with Crippen molar-refractivity contribution in [3.05, 3.63) is 34.3 Å². The van der Waals surface area contributed by atoms with E-state index >= 15 is 0 Å². The number of nitrogens with one attached hydrogen (secondary N) is 1. The number of rotatable bonds is 5. The minimum absolute atomic E-state index is 0.00909. The molecule has 5 heteroatoms. The van der Waals surface area contributed by atoms with Crippen molar-refractivity contribution in [1.29, 1.82) is 0 Å². The molecular weight excluding hydrogens is 286 g/mol. The molecule has 2 atom stereocenters. The first-order valence-corrected chi connectivity index (χ1v) is 6.07. The minimum atomic E-state index is -1.75. The van der Waals surface area contributed by atoms with Gasteiger partial charge in [0.25, 0.3) is 0 Å². The Bertz CT molecular complexity index is 406. The maximum absolute atomic E-state index is 10.7. The largest absolute Gasteiger partial charge is 0.479 e. The number of hydrogen-bond acceptors (Lipinski definition) is 3. The summed E-state index contributed by atoms with van der Waals surface area (Å²) >= 11 is 3.43. The summed E-state index contributed by atoms with van der Waals surface area (Å²) in [5.41, 5.74) is -0.733. The van der Waals surface area contributed by atoms with Gasteiger partial charge in [0.05, 0.1) is 0 Å². The highest BCUT2D eigenvalue weighted by Gasteiger charge is 2.30. The van der Waals surface area contributed by atoms with Crippen LogP contribution in [0.15, 0.2) is 28.7 Å². The molecule has 1 unspecified atom stereocenters. The van der Waals surface area contributed by atoms with Gasteiger partial charge in [0.1, 0.15) is 0 Å². The van der Waals surface area contributed by atoms with E-state index in [1.807, 2.05) is 31.2 Å². The molecule has 0 aliphatic heterocycles. The number of carbonyl (C=O) groups is 1. The SMILES string of the molecule is C[C@@H](NCC(C)(O)C(=O)O)c1ccccc1Br. The van der Waals surface area contributed by atoms with E-state index in [9.17, 15) is 9.90 Å². The van der Waals surface area contributed by atoms with Gasteiger partial charge in [-0.1, -0.05) is 34.1 Å². The Morgan fingerprint density at radius 2 is 2.12 bits per heavy atom. The van der Waals surface area contributed by atoms with Crippen molar-refractivity contribution < 1.29 is 15.0 Å². The predicted molar refractivity (Wildman–Crippen MR) is 68.8 cm³/mol. The molecule has 0 amide bonds. The fourth-order valence-corrected chi connectivity index (χ4v) is 1.99. The molecule has 1 aromatic rings. The molecule has 3 N–H and O–H groups in total. The molecule has 1 rings (SSSR count). The molecule has 94 valence electrons. The van der Waals surface area contributed by atoms with E-state index in [2.05, 4.69) is 21.2 Å². The second kappa shape index (κ2) is 5.62. The number of hydrogen-bond donors (Lipinski definition) is 3. The number of aliphatic carboxylic acids is 1. The molecule has 0 saturated heterocycles. The zero-order chi connectivity index (χ0) is 13.1. The molecule has 17 heavy (non-hydrogen) atoms. The fraction of sp³-hybridized carbons (Fsp3) is 0.417. The van der Waals surface area contributed by atoms with Gasteiger partial charge in [-0.3, -0.25) is 0 Å². The van der Waals surface area contributed by atoms with Crippen LogP contribution in [0.2, 0.25) is 0 Å². The maximum Gasteiger partial charge on any atom is 0.336 e. The second-order valence-electron chi connectivity index (χ2n) is 4.20. The first-order chi connectivity index (χ1) is 7.84. The quantitative estimate of drug-likeness (QED) is 0.777. The Labute approximate surface area is 109 Å². The average Bonchev–Trinajstić information content (AvgIpc) is 2.26. The van der Waals surface area contributed by atoms with E-state index in [1.54, 1.807) is 0 Å². The van der Waals surface area contributed by atoms with Gasteiger partial charge < -0.3 is 15.5 Å². The lowest BCUT2D eigenvalue weighted by Gasteiger charge is -2.22. The van der Waals surface area contributed by atoms with Crippen LogP contribution in [-0.4, -0.2) is 28.3 Å². The highest BCUT2D eigenvalue weighted by atomic mass is 79.9. The number of halogens is 1. The Kier molecular flexibility index (Phi) is 4.68. The summed E-state index contributed by atoms with van der Waals surface area (Å²) in [5.74, 6) is -1.23. The van der Waals surface area contributed by atoms with Crippen LogP contribution in [0.25, 0.3) is 0 Å². The summed E-state index contributed by atoms with van der Waals surface area (Å²) in [5, 5.41) is 21.4. The Balaban J connectivity index is 2.65. The predicted octanol–water partition coefficient (Wildman–Crippen LogP) is 1.94. The highest BCUT2D eigenvalue weighted by Crippen LogP contribution is 2.22. The topological polar surface area (TPSA) is 69.6 Å². The van der Waals surface area contributed by atoms with Crippen molar-refractivity contribution in [3.8, 4) is 0 Å². The van der Waals surface area contributed by atoms with Crippen molar-refractivity contribution >= 4 is 21.9 Å². The zero-order valence-corrected chi connectivity index (χ0v) is 11.4. The normalized spacial score (nSPS) is 16.2. The van der Waals surface area contributed by atoms with Crippen LogP contribution in [0.3, 0.4) is 0 Å². The number of aliphatic hydroxyl groups is 1. The van der Waals surface area contributed by atoms with Crippen LogP contribution in [0.5, 0.6) is 0 Å². The summed E-state index contributed by atoms with van der Waals surface area (Å²) in [6.07, 6.45) is 0. The van der Waals surface area contributed by atoms with Gasteiger partial charge >= 0.3 is 5.97 Å². The summed E-state index contributed by atoms with van der Waals surface area (Å²) < 4.78 is 0.954. The first-order valence-electron chi connectivity index (χ1n) is 5.28. The Hall–Kier alpha value is -0.910. The molecule has 0 aromatic heterocycles.